The zero-order chi connectivity index (χ0) is 16.4. The van der Waals surface area contributed by atoms with Crippen LogP contribution in [0.4, 0.5) is 0 Å². The van der Waals surface area contributed by atoms with Crippen LogP contribution >= 0.6 is 0 Å². The summed E-state index contributed by atoms with van der Waals surface area (Å²) in [4.78, 5) is 10.4. The second-order valence-corrected chi connectivity index (χ2v) is 8.11. The fourth-order valence-electron chi connectivity index (χ4n) is 2.88. The van der Waals surface area contributed by atoms with Crippen molar-refractivity contribution in [3.8, 4) is 0 Å². The lowest BCUT2D eigenvalue weighted by molar-refractivity contribution is -0.526. The highest BCUT2D eigenvalue weighted by atomic mass is 32.2. The van der Waals surface area contributed by atoms with E-state index in [1.54, 1.807) is 0 Å². The van der Waals surface area contributed by atoms with Crippen molar-refractivity contribution in [3.05, 3.63) is 10.1 Å². The summed E-state index contributed by atoms with van der Waals surface area (Å²) in [6, 6.07) is -0.569. The van der Waals surface area contributed by atoms with E-state index in [-0.39, 0.29) is 4.92 Å². The predicted molar refractivity (Wildman–Crippen MR) is 86.7 cm³/mol. The highest BCUT2D eigenvalue weighted by Gasteiger charge is 2.34. The zero-order valence-electron chi connectivity index (χ0n) is 13.2. The number of unbranched alkanes of at least 4 members (excludes halogenated alkanes) is 5. The van der Waals surface area contributed by atoms with Crippen LogP contribution in [-0.4, -0.2) is 37.7 Å². The summed E-state index contributed by atoms with van der Waals surface area (Å²) >= 11 is 0. The average molecular weight is 335 g/mol. The van der Waals surface area contributed by atoms with Gasteiger partial charge in [-0.05, 0) is 32.2 Å². The molecule has 0 amide bonds. The molecule has 0 unspecified atom stereocenters. The summed E-state index contributed by atoms with van der Waals surface area (Å²) < 4.78 is 26.9. The third kappa shape index (κ3) is 7.02. The smallest absolute Gasteiger partial charge is 0.214 e. The Labute approximate surface area is 133 Å². The van der Waals surface area contributed by atoms with Crippen LogP contribution in [0.15, 0.2) is 0 Å². The monoisotopic (exact) mass is 335 g/mol. The topological polar surface area (TPSA) is 115 Å². The van der Waals surface area contributed by atoms with Gasteiger partial charge in [0.25, 0.3) is 0 Å². The second-order valence-electron chi connectivity index (χ2n) is 6.07. The van der Waals surface area contributed by atoms with Gasteiger partial charge in [0.1, 0.15) is 0 Å². The summed E-state index contributed by atoms with van der Waals surface area (Å²) in [6.07, 6.45) is 7.80. The Bertz CT molecular complexity index is 420. The van der Waals surface area contributed by atoms with Crippen molar-refractivity contribution >= 4 is 10.0 Å². The molecular weight excluding hydrogens is 306 g/mol. The van der Waals surface area contributed by atoms with Crippen LogP contribution in [0.2, 0.25) is 0 Å². The Kier molecular flexibility index (Phi) is 8.89. The van der Waals surface area contributed by atoms with Crippen molar-refractivity contribution < 1.29 is 13.3 Å². The van der Waals surface area contributed by atoms with E-state index in [2.05, 4.69) is 4.72 Å². The van der Waals surface area contributed by atoms with Crippen LogP contribution in [0.1, 0.15) is 64.2 Å². The molecule has 1 rings (SSSR count). The molecule has 130 valence electrons. The molecule has 0 atom stereocenters. The Morgan fingerprint density at radius 2 is 1.55 bits per heavy atom. The van der Waals surface area contributed by atoms with Gasteiger partial charge in [-0.25, -0.2) is 13.1 Å². The summed E-state index contributed by atoms with van der Waals surface area (Å²) in [7, 11) is -3.32. The molecule has 0 aromatic heterocycles. The fourth-order valence-corrected chi connectivity index (χ4v) is 4.43. The lowest BCUT2D eigenvalue weighted by atomic mass is 9.96. The first-order chi connectivity index (χ1) is 10.5. The molecule has 0 radical (unpaired) electrons. The maximum Gasteiger partial charge on any atom is 0.214 e. The van der Waals surface area contributed by atoms with Gasteiger partial charge in [-0.3, -0.25) is 10.1 Å². The average Bonchev–Trinajstić information content (AvgIpc) is 2.50. The summed E-state index contributed by atoms with van der Waals surface area (Å²) in [6.45, 7) is 1.20. The number of nitrogens with one attached hydrogen (secondary N) is 1. The highest BCUT2D eigenvalue weighted by Crippen LogP contribution is 2.25. The number of hydrogen-bond acceptors (Lipinski definition) is 5. The van der Waals surface area contributed by atoms with Crippen LogP contribution < -0.4 is 10.5 Å². The van der Waals surface area contributed by atoms with Crippen molar-refractivity contribution in [2.75, 3.05) is 13.1 Å². The number of sulfonamides is 1. The van der Waals surface area contributed by atoms with Crippen molar-refractivity contribution in [2.45, 2.75) is 75.5 Å². The van der Waals surface area contributed by atoms with Gasteiger partial charge in [-0.2, -0.15) is 0 Å². The summed E-state index contributed by atoms with van der Waals surface area (Å²) in [5.74, 6) is 0. The minimum absolute atomic E-state index is 0.291. The van der Waals surface area contributed by atoms with E-state index in [0.717, 1.165) is 45.1 Å². The Morgan fingerprint density at radius 1 is 1.00 bits per heavy atom. The molecule has 0 saturated heterocycles. The van der Waals surface area contributed by atoms with E-state index in [4.69, 9.17) is 5.73 Å². The molecule has 1 fully saturated rings. The molecule has 1 saturated carbocycles. The maximum atomic E-state index is 12.1. The van der Waals surface area contributed by atoms with Crippen LogP contribution in [0.5, 0.6) is 0 Å². The van der Waals surface area contributed by atoms with Gasteiger partial charge in [0.15, 0.2) is 0 Å². The summed E-state index contributed by atoms with van der Waals surface area (Å²) in [5.41, 5.74) is 5.42. The fraction of sp³-hybridized carbons (Fsp3) is 1.00. The van der Waals surface area contributed by atoms with Crippen molar-refractivity contribution in [2.24, 2.45) is 5.73 Å². The minimum Gasteiger partial charge on any atom is -0.330 e. The van der Waals surface area contributed by atoms with Gasteiger partial charge in [0, 0.05) is 24.3 Å². The molecule has 8 heteroatoms. The van der Waals surface area contributed by atoms with Crippen molar-refractivity contribution in [1.29, 1.82) is 0 Å². The first-order valence-corrected chi connectivity index (χ1v) is 9.84. The van der Waals surface area contributed by atoms with Crippen LogP contribution in [-0.2, 0) is 10.0 Å². The van der Waals surface area contributed by atoms with Gasteiger partial charge in [0.2, 0.25) is 16.1 Å². The molecule has 7 nitrogen and oxygen atoms in total. The minimum atomic E-state index is -3.32. The standard InChI is InChI=1S/C14H29N3O4S/c15-11-5-3-1-2-4-6-12-16-22(20,21)14-9-7-13(8-10-14)17(18)19/h13-14,16H,1-12,15H2. The van der Waals surface area contributed by atoms with Crippen LogP contribution in [0.3, 0.4) is 0 Å². The van der Waals surface area contributed by atoms with Crippen LogP contribution in [0, 0.1) is 10.1 Å². The lowest BCUT2D eigenvalue weighted by Gasteiger charge is -2.24. The molecule has 0 aromatic rings. The quantitative estimate of drug-likeness (QED) is 0.339. The molecule has 1 aliphatic rings. The number of rotatable bonds is 11. The van der Waals surface area contributed by atoms with Crippen molar-refractivity contribution in [3.63, 3.8) is 0 Å². The molecular formula is C14H29N3O4S. The zero-order valence-corrected chi connectivity index (χ0v) is 14.0. The third-order valence-electron chi connectivity index (χ3n) is 4.31. The van der Waals surface area contributed by atoms with Gasteiger partial charge < -0.3 is 5.73 Å². The molecule has 0 bridgehead atoms. The molecule has 0 aliphatic heterocycles. The number of nitrogens with zero attached hydrogens (tertiary/aromatic N) is 1. The largest absolute Gasteiger partial charge is 0.330 e. The maximum absolute atomic E-state index is 12.1. The molecule has 0 heterocycles. The summed E-state index contributed by atoms with van der Waals surface area (Å²) in [5, 5.41) is 10.2. The second kappa shape index (κ2) is 10.1. The molecule has 0 spiro atoms. The lowest BCUT2D eigenvalue weighted by Crippen LogP contribution is -2.39. The van der Waals surface area contributed by atoms with E-state index in [0.29, 0.717) is 32.2 Å². The third-order valence-corrected chi connectivity index (χ3v) is 6.27. The van der Waals surface area contributed by atoms with E-state index in [1.165, 1.54) is 0 Å². The van der Waals surface area contributed by atoms with Gasteiger partial charge in [-0.15, -0.1) is 0 Å². The van der Waals surface area contributed by atoms with Crippen molar-refractivity contribution in [1.82, 2.24) is 4.72 Å². The van der Waals surface area contributed by atoms with Crippen LogP contribution in [0.25, 0.3) is 0 Å². The Morgan fingerprint density at radius 3 is 2.09 bits per heavy atom. The predicted octanol–water partition coefficient (Wildman–Crippen LogP) is 1.79. The van der Waals surface area contributed by atoms with E-state index in [9.17, 15) is 18.5 Å². The number of nitrogens with two attached hydrogens (primary N) is 1. The molecule has 3 N–H and O–H groups in total. The van der Waals surface area contributed by atoms with Gasteiger partial charge in [-0.1, -0.05) is 25.7 Å². The molecule has 0 aromatic carbocycles. The first-order valence-electron chi connectivity index (χ1n) is 8.29. The van der Waals surface area contributed by atoms with E-state index in [1.807, 2.05) is 0 Å². The highest BCUT2D eigenvalue weighted by molar-refractivity contribution is 7.90. The SMILES string of the molecule is NCCCCCCCCNS(=O)(=O)C1CCC([N+](=O)[O-])CC1. The van der Waals surface area contributed by atoms with Gasteiger partial charge >= 0.3 is 0 Å². The van der Waals surface area contributed by atoms with Gasteiger partial charge in [0.05, 0.1) is 5.25 Å². The Hall–Kier alpha value is -0.730. The normalized spacial score (nSPS) is 22.6. The Balaban J connectivity index is 2.15. The number of hydrogen-bond donors (Lipinski definition) is 2. The first kappa shape index (κ1) is 19.3. The van der Waals surface area contributed by atoms with E-state index < -0.39 is 21.3 Å². The number of nitro groups is 1. The molecule has 1 aliphatic carbocycles. The molecule has 22 heavy (non-hydrogen) atoms. The van der Waals surface area contributed by atoms with E-state index >= 15 is 0 Å².